The number of H-pyrrole nitrogens is 1. The van der Waals surface area contributed by atoms with Crippen LogP contribution in [0.2, 0.25) is 0 Å². The second-order valence-corrected chi connectivity index (χ2v) is 5.74. The highest BCUT2D eigenvalue weighted by molar-refractivity contribution is 5.92. The van der Waals surface area contributed by atoms with E-state index in [0.717, 1.165) is 25.6 Å². The number of carbonyl (C=O) groups is 1. The van der Waals surface area contributed by atoms with Crippen molar-refractivity contribution in [3.63, 3.8) is 0 Å². The minimum Gasteiger partial charge on any atom is -0.337 e. The van der Waals surface area contributed by atoms with Crippen LogP contribution in [0.25, 0.3) is 0 Å². The molecule has 22 heavy (non-hydrogen) atoms. The molecule has 1 fully saturated rings. The molecular formula is C17H19N3O2. The summed E-state index contributed by atoms with van der Waals surface area (Å²) in [5, 5.41) is 0. The van der Waals surface area contributed by atoms with Crippen LogP contribution in [0.5, 0.6) is 0 Å². The van der Waals surface area contributed by atoms with Gasteiger partial charge >= 0.3 is 0 Å². The minimum absolute atomic E-state index is 0.116. The summed E-state index contributed by atoms with van der Waals surface area (Å²) in [6, 6.07) is 8.34. The Hall–Kier alpha value is -2.43. The van der Waals surface area contributed by atoms with Crippen molar-refractivity contribution in [1.29, 1.82) is 0 Å². The van der Waals surface area contributed by atoms with Gasteiger partial charge in [0.05, 0.1) is 6.20 Å². The van der Waals surface area contributed by atoms with E-state index < -0.39 is 0 Å². The summed E-state index contributed by atoms with van der Waals surface area (Å²) in [6.07, 6.45) is 4.61. The summed E-state index contributed by atoms with van der Waals surface area (Å²) in [4.78, 5) is 31.8. The zero-order valence-electron chi connectivity index (χ0n) is 12.6. The highest BCUT2D eigenvalue weighted by Crippen LogP contribution is 2.29. The van der Waals surface area contributed by atoms with Gasteiger partial charge in [-0.15, -0.1) is 0 Å². The Bertz CT molecular complexity index is 718. The van der Waals surface area contributed by atoms with Crippen molar-refractivity contribution in [2.75, 3.05) is 13.1 Å². The number of aryl methyl sites for hydroxylation is 1. The van der Waals surface area contributed by atoms with Crippen LogP contribution in [0.15, 0.2) is 41.5 Å². The molecule has 2 aromatic rings. The Morgan fingerprint density at radius 1 is 1.36 bits per heavy atom. The lowest BCUT2D eigenvalue weighted by Gasteiger charge is -2.33. The molecule has 1 N–H and O–H groups in total. The van der Waals surface area contributed by atoms with Crippen LogP contribution in [-0.2, 0) is 0 Å². The number of benzene rings is 1. The number of nitrogens with one attached hydrogen (secondary N) is 1. The van der Waals surface area contributed by atoms with Crippen molar-refractivity contribution in [2.45, 2.75) is 25.7 Å². The van der Waals surface area contributed by atoms with Crippen LogP contribution in [0, 0.1) is 6.92 Å². The topological polar surface area (TPSA) is 66.1 Å². The number of nitrogens with zero attached hydrogens (tertiary/aromatic N) is 2. The fraction of sp³-hybridized carbons (Fsp3) is 0.353. The predicted octanol–water partition coefficient (Wildman–Crippen LogP) is 2.10. The summed E-state index contributed by atoms with van der Waals surface area (Å²) in [5.41, 5.74) is 2.58. The fourth-order valence-corrected chi connectivity index (χ4v) is 3.08. The van der Waals surface area contributed by atoms with E-state index in [0.29, 0.717) is 18.2 Å². The summed E-state index contributed by atoms with van der Waals surface area (Å²) in [5.74, 6) is 0.246. The third-order valence-corrected chi connectivity index (χ3v) is 4.23. The average Bonchev–Trinajstić information content (AvgIpc) is 2.55. The van der Waals surface area contributed by atoms with Gasteiger partial charge < -0.3 is 9.88 Å². The zero-order valence-corrected chi connectivity index (χ0v) is 12.6. The average molecular weight is 297 g/mol. The lowest BCUT2D eigenvalue weighted by molar-refractivity contribution is 0.0700. The fourth-order valence-electron chi connectivity index (χ4n) is 3.08. The normalized spacial score (nSPS) is 18.2. The molecule has 1 aliphatic heterocycles. The molecule has 1 aliphatic rings. The first-order valence-corrected chi connectivity index (χ1v) is 7.54. The summed E-state index contributed by atoms with van der Waals surface area (Å²) < 4.78 is 0. The Morgan fingerprint density at radius 3 is 2.91 bits per heavy atom. The van der Waals surface area contributed by atoms with Gasteiger partial charge in [-0.05, 0) is 30.9 Å². The number of hydrogen-bond donors (Lipinski definition) is 1. The van der Waals surface area contributed by atoms with Crippen molar-refractivity contribution >= 4 is 5.91 Å². The molecule has 0 aliphatic carbocycles. The van der Waals surface area contributed by atoms with Gasteiger partial charge in [0.15, 0.2) is 0 Å². The summed E-state index contributed by atoms with van der Waals surface area (Å²) in [7, 11) is 0. The first kappa shape index (κ1) is 14.5. The van der Waals surface area contributed by atoms with Crippen LogP contribution in [-0.4, -0.2) is 33.9 Å². The molecule has 1 aromatic heterocycles. The van der Waals surface area contributed by atoms with Crippen LogP contribution < -0.4 is 5.56 Å². The summed E-state index contributed by atoms with van der Waals surface area (Å²) >= 11 is 0. The molecule has 0 unspecified atom stereocenters. The van der Waals surface area contributed by atoms with Gasteiger partial charge in [0.1, 0.15) is 5.69 Å². The van der Waals surface area contributed by atoms with E-state index >= 15 is 0 Å². The Balaban J connectivity index is 1.78. The van der Waals surface area contributed by atoms with E-state index in [-0.39, 0.29) is 11.5 Å². The molecule has 5 heteroatoms. The summed E-state index contributed by atoms with van der Waals surface area (Å²) in [6.45, 7) is 3.55. The largest absolute Gasteiger partial charge is 0.337 e. The van der Waals surface area contributed by atoms with E-state index in [9.17, 15) is 9.59 Å². The predicted molar refractivity (Wildman–Crippen MR) is 83.9 cm³/mol. The highest BCUT2D eigenvalue weighted by atomic mass is 16.2. The second-order valence-electron chi connectivity index (χ2n) is 5.74. The van der Waals surface area contributed by atoms with Gasteiger partial charge in [-0.2, -0.15) is 0 Å². The molecule has 5 nitrogen and oxygen atoms in total. The number of piperidine rings is 1. The number of likely N-dealkylation sites (tertiary alicyclic amines) is 1. The van der Waals surface area contributed by atoms with Gasteiger partial charge in [-0.25, -0.2) is 4.98 Å². The SMILES string of the molecule is Cc1ccccc1[C@@H]1CCCN(C(=O)c2c[nH]c(=O)cn2)C1. The van der Waals surface area contributed by atoms with E-state index in [4.69, 9.17) is 0 Å². The van der Waals surface area contributed by atoms with E-state index in [1.807, 2.05) is 17.0 Å². The lowest BCUT2D eigenvalue weighted by Crippen LogP contribution is -2.39. The van der Waals surface area contributed by atoms with Gasteiger partial charge in [-0.3, -0.25) is 9.59 Å². The highest BCUT2D eigenvalue weighted by Gasteiger charge is 2.26. The van der Waals surface area contributed by atoms with Gasteiger partial charge in [0.2, 0.25) is 0 Å². The molecule has 0 saturated carbocycles. The van der Waals surface area contributed by atoms with Crippen molar-refractivity contribution < 1.29 is 4.79 Å². The number of aromatic amines is 1. The number of aromatic nitrogens is 2. The van der Waals surface area contributed by atoms with Crippen molar-refractivity contribution in [3.05, 3.63) is 63.8 Å². The number of carbonyl (C=O) groups excluding carboxylic acids is 1. The Labute approximate surface area is 129 Å². The van der Waals surface area contributed by atoms with Gasteiger partial charge in [-0.1, -0.05) is 24.3 Å². The third kappa shape index (κ3) is 2.93. The van der Waals surface area contributed by atoms with Crippen LogP contribution >= 0.6 is 0 Å². The Kier molecular flexibility index (Phi) is 4.04. The number of amides is 1. The molecule has 2 heterocycles. The molecule has 3 rings (SSSR count). The zero-order chi connectivity index (χ0) is 15.5. The van der Waals surface area contributed by atoms with Crippen molar-refractivity contribution in [3.8, 4) is 0 Å². The monoisotopic (exact) mass is 297 g/mol. The molecule has 0 spiro atoms. The minimum atomic E-state index is -0.298. The molecule has 114 valence electrons. The van der Waals surface area contributed by atoms with Gasteiger partial charge in [0.25, 0.3) is 11.5 Å². The molecule has 1 amide bonds. The lowest BCUT2D eigenvalue weighted by atomic mass is 9.88. The van der Waals surface area contributed by atoms with Crippen LogP contribution in [0.3, 0.4) is 0 Å². The third-order valence-electron chi connectivity index (χ3n) is 4.23. The molecule has 1 atom stereocenters. The maximum absolute atomic E-state index is 12.5. The first-order chi connectivity index (χ1) is 10.6. The maximum atomic E-state index is 12.5. The second kappa shape index (κ2) is 6.13. The van der Waals surface area contributed by atoms with E-state index in [1.165, 1.54) is 17.3 Å². The van der Waals surface area contributed by atoms with Gasteiger partial charge in [0, 0.05) is 25.2 Å². The van der Waals surface area contributed by atoms with Crippen molar-refractivity contribution in [2.24, 2.45) is 0 Å². The number of hydrogen-bond acceptors (Lipinski definition) is 3. The van der Waals surface area contributed by atoms with E-state index in [2.05, 4.69) is 29.0 Å². The van der Waals surface area contributed by atoms with Crippen LogP contribution in [0.1, 0.15) is 40.4 Å². The Morgan fingerprint density at radius 2 is 2.18 bits per heavy atom. The maximum Gasteiger partial charge on any atom is 0.273 e. The molecule has 1 aromatic carbocycles. The van der Waals surface area contributed by atoms with Crippen molar-refractivity contribution in [1.82, 2.24) is 14.9 Å². The standard InChI is InChI=1S/C17H19N3O2/c1-12-5-2-3-7-14(12)13-6-4-8-20(11-13)17(22)15-9-19-16(21)10-18-15/h2-3,5,7,9-10,13H,4,6,8,11H2,1H3,(H,19,21)/t13-/m1/s1. The molecule has 1 saturated heterocycles. The van der Waals surface area contributed by atoms with E-state index in [1.54, 1.807) is 0 Å². The number of rotatable bonds is 2. The van der Waals surface area contributed by atoms with Crippen LogP contribution in [0.4, 0.5) is 0 Å². The first-order valence-electron chi connectivity index (χ1n) is 7.54. The molecule has 0 radical (unpaired) electrons. The smallest absolute Gasteiger partial charge is 0.273 e. The molecular weight excluding hydrogens is 278 g/mol. The molecule has 0 bridgehead atoms. The quantitative estimate of drug-likeness (QED) is 0.923.